The van der Waals surface area contributed by atoms with E-state index in [0.29, 0.717) is 0 Å². The van der Waals surface area contributed by atoms with Crippen LogP contribution in [0.5, 0.6) is 0 Å². The number of fused-ring (bicyclic) bond motifs is 1. The Hall–Kier alpha value is -0.780. The molecule has 2 rings (SSSR count). The van der Waals surface area contributed by atoms with E-state index in [1.165, 1.54) is 19.3 Å². The predicted molar refractivity (Wildman–Crippen MR) is 72.4 cm³/mol. The van der Waals surface area contributed by atoms with Crippen LogP contribution in [0.25, 0.3) is 0 Å². The smallest absolute Gasteiger partial charge is 0.0235 e. The van der Waals surface area contributed by atoms with Gasteiger partial charge in [-0.25, -0.2) is 0 Å². The predicted octanol–water partition coefficient (Wildman–Crippen LogP) is 5.11. The molecule has 1 aliphatic carbocycles. The zero-order chi connectivity index (χ0) is 9.68. The third-order valence-corrected chi connectivity index (χ3v) is 2.60. The average molecular weight is 208 g/mol. The van der Waals surface area contributed by atoms with Gasteiger partial charge in [0.05, 0.1) is 0 Å². The Balaban J connectivity index is 0. The Bertz CT molecular complexity index is 225. The summed E-state index contributed by atoms with van der Waals surface area (Å²) in [6.07, 6.45) is 3.91. The lowest BCUT2D eigenvalue weighted by atomic mass is 9.89. The molecule has 0 aromatic heterocycles. The van der Waals surface area contributed by atoms with Crippen LogP contribution in [0.1, 0.15) is 53.2 Å². The highest BCUT2D eigenvalue weighted by atomic mass is 14.1. The van der Waals surface area contributed by atoms with E-state index in [1.807, 2.05) is 0 Å². The van der Waals surface area contributed by atoms with Crippen LogP contribution in [0.2, 0.25) is 0 Å². The van der Waals surface area contributed by atoms with E-state index in [0.717, 1.165) is 5.92 Å². The average Bonchev–Trinajstić information content (AvgIpc) is 2.08. The topological polar surface area (TPSA) is 0 Å². The molecule has 0 heteroatoms. The summed E-state index contributed by atoms with van der Waals surface area (Å²) in [4.78, 5) is 0. The van der Waals surface area contributed by atoms with Gasteiger partial charge in [0, 0.05) is 0 Å². The molecular weight excluding hydrogens is 180 g/mol. The van der Waals surface area contributed by atoms with E-state index in [-0.39, 0.29) is 14.9 Å². The molecule has 0 nitrogen and oxygen atoms in total. The molecule has 0 N–H and O–H groups in total. The molecule has 0 spiro atoms. The SMILES string of the molecule is C.C.CCC(C)C.c1ccc2c(c1)CC2. The lowest BCUT2D eigenvalue weighted by Gasteiger charge is -2.16. The van der Waals surface area contributed by atoms with Crippen LogP contribution in [-0.4, -0.2) is 0 Å². The van der Waals surface area contributed by atoms with Crippen molar-refractivity contribution in [3.05, 3.63) is 35.4 Å². The molecule has 0 unspecified atom stereocenters. The molecule has 0 bridgehead atoms. The van der Waals surface area contributed by atoms with Gasteiger partial charge >= 0.3 is 0 Å². The highest BCUT2D eigenvalue weighted by Gasteiger charge is 2.09. The van der Waals surface area contributed by atoms with Crippen molar-refractivity contribution in [3.8, 4) is 0 Å². The van der Waals surface area contributed by atoms with Gasteiger partial charge in [0.15, 0.2) is 0 Å². The summed E-state index contributed by atoms with van der Waals surface area (Å²) in [5.41, 5.74) is 3.10. The fourth-order valence-corrected chi connectivity index (χ4v) is 1.14. The van der Waals surface area contributed by atoms with Crippen LogP contribution in [0.15, 0.2) is 24.3 Å². The number of aryl methyl sites for hydroxylation is 2. The van der Waals surface area contributed by atoms with Crippen molar-refractivity contribution in [1.29, 1.82) is 0 Å². The van der Waals surface area contributed by atoms with Gasteiger partial charge in [0.25, 0.3) is 0 Å². The van der Waals surface area contributed by atoms with E-state index in [9.17, 15) is 0 Å². The fourth-order valence-electron chi connectivity index (χ4n) is 1.14. The summed E-state index contributed by atoms with van der Waals surface area (Å²) < 4.78 is 0. The molecule has 0 saturated carbocycles. The van der Waals surface area contributed by atoms with Crippen molar-refractivity contribution in [2.75, 3.05) is 0 Å². The molecule has 15 heavy (non-hydrogen) atoms. The Morgan fingerprint density at radius 1 is 1.00 bits per heavy atom. The molecule has 1 aromatic carbocycles. The second-order valence-corrected chi connectivity index (χ2v) is 4.07. The van der Waals surface area contributed by atoms with Gasteiger partial charge < -0.3 is 0 Å². The van der Waals surface area contributed by atoms with Crippen LogP contribution in [0.3, 0.4) is 0 Å². The molecule has 1 aliphatic rings. The Morgan fingerprint density at radius 3 is 1.47 bits per heavy atom. The Morgan fingerprint density at radius 2 is 1.33 bits per heavy atom. The Kier molecular flexibility index (Phi) is 9.46. The van der Waals surface area contributed by atoms with Crippen molar-refractivity contribution >= 4 is 0 Å². The first-order chi connectivity index (χ1) is 6.24. The van der Waals surface area contributed by atoms with Gasteiger partial charge in [-0.15, -0.1) is 0 Å². The van der Waals surface area contributed by atoms with Gasteiger partial charge in [-0.2, -0.15) is 0 Å². The highest BCUT2D eigenvalue weighted by Crippen LogP contribution is 2.20. The van der Waals surface area contributed by atoms with Crippen molar-refractivity contribution in [2.24, 2.45) is 5.92 Å². The largest absolute Gasteiger partial charge is 0.0776 e. The third kappa shape index (κ3) is 5.61. The molecule has 0 fully saturated rings. The molecule has 0 saturated heterocycles. The Labute approximate surface area is 96.7 Å². The molecule has 0 aliphatic heterocycles. The lowest BCUT2D eigenvalue weighted by molar-refractivity contribution is 0.626. The van der Waals surface area contributed by atoms with Crippen LogP contribution < -0.4 is 0 Å². The molecule has 0 atom stereocenters. The summed E-state index contributed by atoms with van der Waals surface area (Å²) in [7, 11) is 0. The minimum atomic E-state index is 0. The minimum absolute atomic E-state index is 0. The summed E-state index contributed by atoms with van der Waals surface area (Å²) >= 11 is 0. The van der Waals surface area contributed by atoms with Gasteiger partial charge in [-0.1, -0.05) is 66.3 Å². The van der Waals surface area contributed by atoms with Crippen LogP contribution in [0.4, 0.5) is 0 Å². The van der Waals surface area contributed by atoms with E-state index in [4.69, 9.17) is 0 Å². The highest BCUT2D eigenvalue weighted by molar-refractivity contribution is 5.34. The van der Waals surface area contributed by atoms with E-state index < -0.39 is 0 Å². The molecule has 0 amide bonds. The number of hydrogen-bond acceptors (Lipinski definition) is 0. The van der Waals surface area contributed by atoms with Crippen molar-refractivity contribution in [2.45, 2.75) is 54.9 Å². The maximum Gasteiger partial charge on any atom is -0.0235 e. The second kappa shape index (κ2) is 8.52. The van der Waals surface area contributed by atoms with Gasteiger partial charge in [-0.05, 0) is 29.9 Å². The number of rotatable bonds is 1. The van der Waals surface area contributed by atoms with Crippen LogP contribution in [0, 0.1) is 5.92 Å². The second-order valence-electron chi connectivity index (χ2n) is 4.07. The first kappa shape index (κ1) is 16.6. The summed E-state index contributed by atoms with van der Waals surface area (Å²) in [5.74, 6) is 0.884. The molecule has 0 radical (unpaired) electrons. The quantitative estimate of drug-likeness (QED) is 0.601. The molecule has 0 heterocycles. The van der Waals surface area contributed by atoms with Crippen molar-refractivity contribution in [1.82, 2.24) is 0 Å². The summed E-state index contributed by atoms with van der Waals surface area (Å²) in [5, 5.41) is 0. The third-order valence-electron chi connectivity index (χ3n) is 2.60. The fraction of sp³-hybridized carbons (Fsp3) is 0.600. The molecule has 88 valence electrons. The summed E-state index contributed by atoms with van der Waals surface area (Å²) in [6, 6.07) is 8.63. The normalized spacial score (nSPS) is 10.9. The van der Waals surface area contributed by atoms with E-state index >= 15 is 0 Å². The standard InChI is InChI=1S/C8H8.C5H12.2CH4/c1-2-4-8-6-5-7(8)3-1;1-4-5(2)3;;/h1-4H,5-6H2;5H,4H2,1-3H3;2*1H4. The van der Waals surface area contributed by atoms with Crippen molar-refractivity contribution < 1.29 is 0 Å². The molecular formula is C15H28. The number of hydrogen-bond donors (Lipinski definition) is 0. The zero-order valence-electron chi connectivity index (χ0n) is 9.01. The molecule has 1 aromatic rings. The van der Waals surface area contributed by atoms with Gasteiger partial charge in [0.1, 0.15) is 0 Å². The van der Waals surface area contributed by atoms with Crippen LogP contribution in [-0.2, 0) is 12.8 Å². The zero-order valence-corrected chi connectivity index (χ0v) is 9.01. The van der Waals surface area contributed by atoms with Gasteiger partial charge in [0.2, 0.25) is 0 Å². The van der Waals surface area contributed by atoms with E-state index in [2.05, 4.69) is 45.0 Å². The van der Waals surface area contributed by atoms with Crippen molar-refractivity contribution in [3.63, 3.8) is 0 Å². The van der Waals surface area contributed by atoms with Gasteiger partial charge in [-0.3, -0.25) is 0 Å². The first-order valence-electron chi connectivity index (χ1n) is 5.30. The number of benzene rings is 1. The van der Waals surface area contributed by atoms with Crippen LogP contribution >= 0.6 is 0 Å². The monoisotopic (exact) mass is 208 g/mol. The first-order valence-corrected chi connectivity index (χ1v) is 5.30. The minimum Gasteiger partial charge on any atom is -0.0776 e. The summed E-state index contributed by atoms with van der Waals surface area (Å²) in [6.45, 7) is 6.64. The van der Waals surface area contributed by atoms with E-state index in [1.54, 1.807) is 11.1 Å². The maximum absolute atomic E-state index is 2.22. The lowest BCUT2D eigenvalue weighted by Crippen LogP contribution is -2.06. The maximum atomic E-state index is 2.22.